The van der Waals surface area contributed by atoms with E-state index >= 15 is 0 Å². The van der Waals surface area contributed by atoms with Crippen LogP contribution in [-0.2, 0) is 0 Å². The highest BCUT2D eigenvalue weighted by Crippen LogP contribution is 2.20. The first-order chi connectivity index (χ1) is 9.58. The fourth-order valence-electron chi connectivity index (χ4n) is 1.61. The van der Waals surface area contributed by atoms with Crippen LogP contribution in [0.4, 0.5) is 5.95 Å². The topological polar surface area (TPSA) is 73.1 Å². The lowest BCUT2D eigenvalue weighted by molar-refractivity contribution is 0.291. The van der Waals surface area contributed by atoms with Crippen LogP contribution in [0.3, 0.4) is 0 Å². The molecule has 0 aliphatic carbocycles. The lowest BCUT2D eigenvalue weighted by Gasteiger charge is -2.12. The maximum atomic E-state index is 5.86. The smallest absolute Gasteiger partial charge is 0.322 e. The van der Waals surface area contributed by atoms with Crippen molar-refractivity contribution in [2.45, 2.75) is 33.2 Å². The van der Waals surface area contributed by atoms with E-state index in [4.69, 9.17) is 20.8 Å². The van der Waals surface area contributed by atoms with Gasteiger partial charge in [0.1, 0.15) is 11.5 Å². The van der Waals surface area contributed by atoms with Gasteiger partial charge in [-0.2, -0.15) is 15.0 Å². The van der Waals surface area contributed by atoms with Crippen LogP contribution in [0.2, 0.25) is 5.28 Å². The second kappa shape index (κ2) is 6.56. The summed E-state index contributed by atoms with van der Waals surface area (Å²) in [5, 5.41) is 3.20. The third kappa shape index (κ3) is 3.84. The van der Waals surface area contributed by atoms with Gasteiger partial charge < -0.3 is 14.5 Å². The SMILES string of the molecule is CCCOc1nc(Cl)nc(NC(C)c2ccc(C)o2)n1. The minimum absolute atomic E-state index is 0.0822. The number of hydrogen-bond acceptors (Lipinski definition) is 6. The molecule has 1 atom stereocenters. The van der Waals surface area contributed by atoms with Gasteiger partial charge in [0.05, 0.1) is 12.6 Å². The fourth-order valence-corrected chi connectivity index (χ4v) is 1.76. The fraction of sp³-hybridized carbons (Fsp3) is 0.462. The number of anilines is 1. The van der Waals surface area contributed by atoms with Crippen molar-refractivity contribution in [1.29, 1.82) is 0 Å². The van der Waals surface area contributed by atoms with Gasteiger partial charge in [-0.25, -0.2) is 0 Å². The first kappa shape index (κ1) is 14.6. The summed E-state index contributed by atoms with van der Waals surface area (Å²) >= 11 is 5.86. The molecule has 0 aliphatic rings. The first-order valence-corrected chi connectivity index (χ1v) is 6.83. The van der Waals surface area contributed by atoms with Crippen molar-refractivity contribution in [3.63, 3.8) is 0 Å². The van der Waals surface area contributed by atoms with Crippen molar-refractivity contribution >= 4 is 17.5 Å². The number of aromatic nitrogens is 3. The van der Waals surface area contributed by atoms with E-state index < -0.39 is 0 Å². The van der Waals surface area contributed by atoms with E-state index in [0.717, 1.165) is 17.9 Å². The van der Waals surface area contributed by atoms with E-state index in [9.17, 15) is 0 Å². The number of nitrogens with one attached hydrogen (secondary N) is 1. The maximum Gasteiger partial charge on any atom is 0.322 e. The largest absolute Gasteiger partial charge is 0.464 e. The molecule has 1 N–H and O–H groups in total. The van der Waals surface area contributed by atoms with Gasteiger partial charge in [0.25, 0.3) is 0 Å². The molecular weight excluding hydrogens is 280 g/mol. The van der Waals surface area contributed by atoms with Crippen LogP contribution in [0, 0.1) is 6.92 Å². The van der Waals surface area contributed by atoms with Crippen molar-refractivity contribution < 1.29 is 9.15 Å². The summed E-state index contributed by atoms with van der Waals surface area (Å²) in [5.41, 5.74) is 0. The molecule has 7 heteroatoms. The summed E-state index contributed by atoms with van der Waals surface area (Å²) in [6.07, 6.45) is 0.869. The van der Waals surface area contributed by atoms with Crippen molar-refractivity contribution in [3.8, 4) is 6.01 Å². The molecule has 20 heavy (non-hydrogen) atoms. The summed E-state index contributed by atoms with van der Waals surface area (Å²) in [6.45, 7) is 6.38. The Morgan fingerprint density at radius 1 is 1.35 bits per heavy atom. The van der Waals surface area contributed by atoms with E-state index in [-0.39, 0.29) is 17.3 Å². The Kier molecular flexibility index (Phi) is 4.79. The van der Waals surface area contributed by atoms with Gasteiger partial charge in [-0.05, 0) is 44.0 Å². The predicted octanol–water partition coefficient (Wildman–Crippen LogP) is 3.39. The molecule has 2 aromatic rings. The zero-order valence-electron chi connectivity index (χ0n) is 11.7. The van der Waals surface area contributed by atoms with Crippen LogP contribution >= 0.6 is 11.6 Å². The number of aryl methyl sites for hydroxylation is 1. The van der Waals surface area contributed by atoms with Gasteiger partial charge in [-0.1, -0.05) is 6.92 Å². The third-order valence-corrected chi connectivity index (χ3v) is 2.73. The molecule has 2 heterocycles. The van der Waals surface area contributed by atoms with Crippen LogP contribution < -0.4 is 10.1 Å². The average Bonchev–Trinajstić information content (AvgIpc) is 2.82. The second-order valence-corrected chi connectivity index (χ2v) is 4.71. The van der Waals surface area contributed by atoms with E-state index in [1.54, 1.807) is 0 Å². The molecular formula is C13H17ClN4O2. The van der Waals surface area contributed by atoms with Crippen LogP contribution in [0.25, 0.3) is 0 Å². The highest BCUT2D eigenvalue weighted by molar-refractivity contribution is 6.28. The minimum atomic E-state index is -0.0822. The molecule has 0 aliphatic heterocycles. The number of furan rings is 1. The first-order valence-electron chi connectivity index (χ1n) is 6.45. The Balaban J connectivity index is 2.10. The Labute approximate surface area is 122 Å². The number of halogens is 1. The van der Waals surface area contributed by atoms with Crippen LogP contribution in [-0.4, -0.2) is 21.6 Å². The quantitative estimate of drug-likeness (QED) is 0.881. The minimum Gasteiger partial charge on any atom is -0.464 e. The molecule has 0 radical (unpaired) electrons. The van der Waals surface area contributed by atoms with Crippen LogP contribution in [0.1, 0.15) is 37.8 Å². The van der Waals surface area contributed by atoms with Gasteiger partial charge >= 0.3 is 6.01 Å². The van der Waals surface area contributed by atoms with Gasteiger partial charge in [0.2, 0.25) is 11.2 Å². The zero-order chi connectivity index (χ0) is 14.5. The summed E-state index contributed by atoms with van der Waals surface area (Å²) in [4.78, 5) is 12.1. The average molecular weight is 297 g/mol. The number of rotatable bonds is 6. The molecule has 1 unspecified atom stereocenters. The van der Waals surface area contributed by atoms with E-state index in [2.05, 4.69) is 20.3 Å². The molecule has 0 amide bonds. The van der Waals surface area contributed by atoms with Gasteiger partial charge in [0, 0.05) is 0 Å². The molecule has 6 nitrogen and oxygen atoms in total. The summed E-state index contributed by atoms with van der Waals surface area (Å²) in [6, 6.07) is 3.95. The summed E-state index contributed by atoms with van der Waals surface area (Å²) < 4.78 is 10.9. The van der Waals surface area contributed by atoms with Crippen molar-refractivity contribution in [3.05, 3.63) is 28.9 Å². The van der Waals surface area contributed by atoms with Crippen molar-refractivity contribution in [1.82, 2.24) is 15.0 Å². The van der Waals surface area contributed by atoms with E-state index in [0.29, 0.717) is 12.6 Å². The molecule has 0 spiro atoms. The van der Waals surface area contributed by atoms with E-state index in [1.165, 1.54) is 0 Å². The number of hydrogen-bond donors (Lipinski definition) is 1. The Hall–Kier alpha value is -1.82. The zero-order valence-corrected chi connectivity index (χ0v) is 12.4. The molecule has 0 bridgehead atoms. The number of nitrogens with zero attached hydrogens (tertiary/aromatic N) is 3. The molecule has 0 fully saturated rings. The highest BCUT2D eigenvalue weighted by Gasteiger charge is 2.13. The lowest BCUT2D eigenvalue weighted by Crippen LogP contribution is -2.11. The third-order valence-electron chi connectivity index (χ3n) is 2.56. The van der Waals surface area contributed by atoms with Crippen molar-refractivity contribution in [2.75, 3.05) is 11.9 Å². The normalized spacial score (nSPS) is 12.2. The lowest BCUT2D eigenvalue weighted by atomic mass is 10.2. The van der Waals surface area contributed by atoms with Crippen LogP contribution in [0.5, 0.6) is 6.01 Å². The molecule has 0 saturated heterocycles. The Bertz CT molecular complexity index is 573. The number of ether oxygens (including phenoxy) is 1. The standard InChI is InChI=1S/C13H17ClN4O2/c1-4-7-19-13-17-11(14)16-12(18-13)15-9(3)10-6-5-8(2)20-10/h5-6,9H,4,7H2,1-3H3,(H,15,16,17,18). The summed E-state index contributed by atoms with van der Waals surface area (Å²) in [5.74, 6) is 2.02. The monoisotopic (exact) mass is 296 g/mol. The predicted molar refractivity (Wildman–Crippen MR) is 76.1 cm³/mol. The molecule has 108 valence electrons. The second-order valence-electron chi connectivity index (χ2n) is 4.37. The highest BCUT2D eigenvalue weighted by atomic mass is 35.5. The maximum absolute atomic E-state index is 5.86. The Morgan fingerprint density at radius 3 is 2.80 bits per heavy atom. The molecule has 2 aromatic heterocycles. The molecule has 2 rings (SSSR count). The van der Waals surface area contributed by atoms with Gasteiger partial charge in [0.15, 0.2) is 0 Å². The van der Waals surface area contributed by atoms with Crippen molar-refractivity contribution in [2.24, 2.45) is 0 Å². The van der Waals surface area contributed by atoms with Gasteiger partial charge in [-0.3, -0.25) is 0 Å². The molecule has 0 saturated carbocycles. The Morgan fingerprint density at radius 2 is 2.15 bits per heavy atom. The van der Waals surface area contributed by atoms with E-state index in [1.807, 2.05) is 32.9 Å². The molecule has 0 aromatic carbocycles. The summed E-state index contributed by atoms with van der Waals surface area (Å²) in [7, 11) is 0. The van der Waals surface area contributed by atoms with Gasteiger partial charge in [-0.15, -0.1) is 0 Å². The van der Waals surface area contributed by atoms with Crippen LogP contribution in [0.15, 0.2) is 16.5 Å².